The summed E-state index contributed by atoms with van der Waals surface area (Å²) in [5.41, 5.74) is 3.23. The molecule has 1 amide bonds. The Balaban J connectivity index is 3.32. The van der Waals surface area contributed by atoms with Crippen LogP contribution in [0.4, 0.5) is 13.2 Å². The number of carbonyl (C=O) groups excluding carboxylic acids is 1. The Bertz CT molecular complexity index is 360. The van der Waals surface area contributed by atoms with Gasteiger partial charge in [0.15, 0.2) is 0 Å². The first-order valence-electron chi connectivity index (χ1n) is 3.37. The van der Waals surface area contributed by atoms with Gasteiger partial charge < -0.3 is 5.73 Å². The predicted octanol–water partition coefficient (Wildman–Crippen LogP) is 1.91. The number of pyridine rings is 1. The zero-order valence-corrected chi connectivity index (χ0v) is 7.36. The normalized spacial score (nSPS) is 10.6. The molecule has 3 nitrogen and oxygen atoms in total. The van der Waals surface area contributed by atoms with Crippen LogP contribution in [0.3, 0.4) is 0 Å². The van der Waals surface area contributed by atoms with E-state index in [9.17, 15) is 18.0 Å². The summed E-state index contributed by atoms with van der Waals surface area (Å²) in [7, 11) is 0. The van der Waals surface area contributed by atoms with E-state index in [1.807, 2.05) is 0 Å². The maximum Gasteiger partial charge on any atom is 0.280 e. The third-order valence-corrected chi connectivity index (χ3v) is 1.69. The fraction of sp³-hybridized carbons (Fsp3) is 0.143. The molecule has 0 aromatic carbocycles. The monoisotopic (exact) mass is 224 g/mol. The minimum Gasteiger partial charge on any atom is -0.365 e. The summed E-state index contributed by atoms with van der Waals surface area (Å²) in [5, 5.41) is -0.659. The van der Waals surface area contributed by atoms with E-state index in [-0.39, 0.29) is 0 Å². The molecule has 0 fully saturated rings. The summed E-state index contributed by atoms with van der Waals surface area (Å²) >= 11 is 5.29. The Morgan fingerprint density at radius 2 is 2.14 bits per heavy atom. The topological polar surface area (TPSA) is 56.0 Å². The standard InChI is InChI=1S/C7H4ClF3N2O/c8-5-4(7(12)14)2(9)1-3(13-5)6(10)11/h1,6H,(H2,12,14). The Kier molecular flexibility index (Phi) is 2.95. The molecule has 1 aromatic heterocycles. The number of primary amides is 1. The van der Waals surface area contributed by atoms with Gasteiger partial charge in [0.1, 0.15) is 22.2 Å². The number of rotatable bonds is 2. The lowest BCUT2D eigenvalue weighted by atomic mass is 10.2. The Labute approximate surface area is 81.7 Å². The highest BCUT2D eigenvalue weighted by molar-refractivity contribution is 6.32. The van der Waals surface area contributed by atoms with Crippen LogP contribution in [0, 0.1) is 5.82 Å². The van der Waals surface area contributed by atoms with Gasteiger partial charge in [0.05, 0.1) is 0 Å². The van der Waals surface area contributed by atoms with Gasteiger partial charge in [0.25, 0.3) is 12.3 Å². The number of hydrogen-bond acceptors (Lipinski definition) is 2. The molecule has 0 aliphatic carbocycles. The van der Waals surface area contributed by atoms with Crippen molar-refractivity contribution in [1.29, 1.82) is 0 Å². The van der Waals surface area contributed by atoms with E-state index >= 15 is 0 Å². The number of alkyl halides is 2. The van der Waals surface area contributed by atoms with Crippen LogP contribution < -0.4 is 5.73 Å². The predicted molar refractivity (Wildman–Crippen MR) is 42.7 cm³/mol. The first-order valence-corrected chi connectivity index (χ1v) is 3.75. The van der Waals surface area contributed by atoms with Crippen LogP contribution in [0.2, 0.25) is 5.15 Å². The average Bonchev–Trinajstić information content (AvgIpc) is 2.01. The van der Waals surface area contributed by atoms with E-state index < -0.39 is 34.6 Å². The summed E-state index contributed by atoms with van der Waals surface area (Å²) < 4.78 is 37.1. The molecule has 0 saturated heterocycles. The molecule has 76 valence electrons. The fourth-order valence-electron chi connectivity index (χ4n) is 0.833. The van der Waals surface area contributed by atoms with Crippen molar-refractivity contribution in [2.75, 3.05) is 0 Å². The van der Waals surface area contributed by atoms with Crippen LogP contribution in [0.15, 0.2) is 6.07 Å². The summed E-state index contributed by atoms with van der Waals surface area (Å²) in [4.78, 5) is 13.7. The second kappa shape index (κ2) is 3.83. The number of nitrogens with zero attached hydrogens (tertiary/aromatic N) is 1. The van der Waals surface area contributed by atoms with E-state index in [4.69, 9.17) is 17.3 Å². The summed E-state index contributed by atoms with van der Waals surface area (Å²) in [6, 6.07) is 0.427. The third-order valence-electron chi connectivity index (χ3n) is 1.42. The Hall–Kier alpha value is -1.30. The van der Waals surface area contributed by atoms with Gasteiger partial charge in [-0.25, -0.2) is 18.2 Å². The lowest BCUT2D eigenvalue weighted by Gasteiger charge is -2.04. The zero-order chi connectivity index (χ0) is 10.9. The number of nitrogens with two attached hydrogens (primary N) is 1. The minimum atomic E-state index is -2.95. The van der Waals surface area contributed by atoms with Crippen molar-refractivity contribution in [2.45, 2.75) is 6.43 Å². The maximum absolute atomic E-state index is 13.0. The highest BCUT2D eigenvalue weighted by atomic mass is 35.5. The zero-order valence-electron chi connectivity index (χ0n) is 6.60. The number of amides is 1. The van der Waals surface area contributed by atoms with Crippen LogP contribution >= 0.6 is 11.6 Å². The van der Waals surface area contributed by atoms with E-state index in [1.165, 1.54) is 0 Å². The molecule has 0 bridgehead atoms. The fourth-order valence-corrected chi connectivity index (χ4v) is 1.11. The molecular formula is C7H4ClF3N2O. The molecule has 0 spiro atoms. The van der Waals surface area contributed by atoms with Crippen LogP contribution in [0.5, 0.6) is 0 Å². The van der Waals surface area contributed by atoms with Gasteiger partial charge in [-0.15, -0.1) is 0 Å². The van der Waals surface area contributed by atoms with Gasteiger partial charge in [-0.1, -0.05) is 11.6 Å². The molecular weight excluding hydrogens is 221 g/mol. The average molecular weight is 225 g/mol. The first kappa shape index (κ1) is 10.8. The largest absolute Gasteiger partial charge is 0.365 e. The molecule has 7 heteroatoms. The number of carbonyl (C=O) groups is 1. The lowest BCUT2D eigenvalue weighted by molar-refractivity contribution is 0.0995. The summed E-state index contributed by atoms with van der Waals surface area (Å²) in [6.07, 6.45) is -2.95. The van der Waals surface area contributed by atoms with Crippen LogP contribution in [-0.4, -0.2) is 10.9 Å². The van der Waals surface area contributed by atoms with E-state index in [0.29, 0.717) is 6.07 Å². The quantitative estimate of drug-likeness (QED) is 0.780. The maximum atomic E-state index is 13.0. The molecule has 0 atom stereocenters. The van der Waals surface area contributed by atoms with Gasteiger partial charge in [0, 0.05) is 6.07 Å². The molecule has 0 saturated carbocycles. The van der Waals surface area contributed by atoms with Crippen molar-refractivity contribution in [3.05, 3.63) is 28.3 Å². The van der Waals surface area contributed by atoms with E-state index in [1.54, 1.807) is 0 Å². The molecule has 0 aliphatic rings. The van der Waals surface area contributed by atoms with E-state index in [0.717, 1.165) is 0 Å². The van der Waals surface area contributed by atoms with Crippen molar-refractivity contribution >= 4 is 17.5 Å². The summed E-state index contributed by atoms with van der Waals surface area (Å²) in [6.45, 7) is 0. The molecule has 0 aliphatic heterocycles. The Morgan fingerprint density at radius 3 is 2.50 bits per heavy atom. The molecule has 0 unspecified atom stereocenters. The van der Waals surface area contributed by atoms with E-state index in [2.05, 4.69) is 4.98 Å². The second-order valence-corrected chi connectivity index (χ2v) is 2.72. The van der Waals surface area contributed by atoms with Gasteiger partial charge in [0.2, 0.25) is 0 Å². The lowest BCUT2D eigenvalue weighted by Crippen LogP contribution is -2.15. The van der Waals surface area contributed by atoms with Crippen LogP contribution in [0.25, 0.3) is 0 Å². The highest BCUT2D eigenvalue weighted by Gasteiger charge is 2.19. The van der Waals surface area contributed by atoms with Gasteiger partial charge in [-0.2, -0.15) is 0 Å². The van der Waals surface area contributed by atoms with Gasteiger partial charge >= 0.3 is 0 Å². The van der Waals surface area contributed by atoms with Crippen molar-refractivity contribution < 1.29 is 18.0 Å². The first-order chi connectivity index (χ1) is 6.43. The van der Waals surface area contributed by atoms with Gasteiger partial charge in [-0.3, -0.25) is 4.79 Å². The number of aromatic nitrogens is 1. The highest BCUT2D eigenvalue weighted by Crippen LogP contribution is 2.23. The third kappa shape index (κ3) is 1.95. The molecule has 1 rings (SSSR count). The van der Waals surface area contributed by atoms with Gasteiger partial charge in [-0.05, 0) is 0 Å². The smallest absolute Gasteiger partial charge is 0.280 e. The Morgan fingerprint density at radius 1 is 1.57 bits per heavy atom. The molecule has 0 radical (unpaired) electrons. The number of halogens is 4. The number of hydrogen-bond donors (Lipinski definition) is 1. The molecule has 2 N–H and O–H groups in total. The summed E-state index contributed by atoms with van der Waals surface area (Å²) in [5.74, 6) is -2.35. The van der Waals surface area contributed by atoms with Crippen LogP contribution in [0.1, 0.15) is 22.5 Å². The SMILES string of the molecule is NC(=O)c1c(F)cc(C(F)F)nc1Cl. The van der Waals surface area contributed by atoms with Crippen molar-refractivity contribution in [1.82, 2.24) is 4.98 Å². The van der Waals surface area contributed by atoms with Crippen LogP contribution in [-0.2, 0) is 0 Å². The second-order valence-electron chi connectivity index (χ2n) is 2.36. The molecule has 14 heavy (non-hydrogen) atoms. The molecule has 1 heterocycles. The van der Waals surface area contributed by atoms with Crippen molar-refractivity contribution in [2.24, 2.45) is 5.73 Å². The van der Waals surface area contributed by atoms with Crippen molar-refractivity contribution in [3.63, 3.8) is 0 Å². The van der Waals surface area contributed by atoms with Crippen molar-refractivity contribution in [3.8, 4) is 0 Å². The minimum absolute atomic E-state index is 0.427. The molecule has 1 aromatic rings.